The number of aliphatic hydroxyl groups is 1. The van der Waals surface area contributed by atoms with Gasteiger partial charge in [0, 0.05) is 35.8 Å². The lowest BCUT2D eigenvalue weighted by atomic mass is 10.0. The van der Waals surface area contributed by atoms with Gasteiger partial charge in [0.05, 0.1) is 22.8 Å². The molecule has 1 fully saturated rings. The first-order chi connectivity index (χ1) is 15.1. The van der Waals surface area contributed by atoms with Crippen molar-refractivity contribution in [3.8, 4) is 0 Å². The van der Waals surface area contributed by atoms with Crippen LogP contribution in [0.25, 0.3) is 16.5 Å². The van der Waals surface area contributed by atoms with Crippen molar-refractivity contribution in [1.82, 2.24) is 19.6 Å². The number of aliphatic hydroxyl groups excluding tert-OH is 1. The van der Waals surface area contributed by atoms with Crippen LogP contribution in [0.1, 0.15) is 18.4 Å². The van der Waals surface area contributed by atoms with Crippen LogP contribution in [0, 0.1) is 5.92 Å². The lowest BCUT2D eigenvalue weighted by molar-refractivity contribution is 0.221. The highest BCUT2D eigenvalue weighted by molar-refractivity contribution is 6.30. The highest BCUT2D eigenvalue weighted by Crippen LogP contribution is 2.31. The normalized spacial score (nSPS) is 18.4. The van der Waals surface area contributed by atoms with Crippen LogP contribution in [0.15, 0.2) is 60.0 Å². The van der Waals surface area contributed by atoms with E-state index in [4.69, 9.17) is 16.7 Å². The number of hydrogen-bond acceptors (Lipinski definition) is 5. The fourth-order valence-corrected chi connectivity index (χ4v) is 4.34. The molecule has 0 spiro atoms. The van der Waals surface area contributed by atoms with Crippen LogP contribution in [-0.4, -0.2) is 30.9 Å². The number of aryl methyl sites for hydroxylation is 1. The van der Waals surface area contributed by atoms with Crippen LogP contribution < -0.4 is 15.7 Å². The van der Waals surface area contributed by atoms with Gasteiger partial charge in [-0.2, -0.15) is 15.3 Å². The molecule has 1 atom stereocenters. The molecule has 0 bridgehead atoms. The monoisotopic (exact) mass is 432 g/mol. The third-order valence-electron chi connectivity index (χ3n) is 5.93. The molecule has 3 heterocycles. The van der Waals surface area contributed by atoms with E-state index in [2.05, 4.69) is 10.2 Å². The summed E-state index contributed by atoms with van der Waals surface area (Å²) in [6.07, 6.45) is 5.23. The van der Waals surface area contributed by atoms with Gasteiger partial charge in [0.15, 0.2) is 6.23 Å². The largest absolute Gasteiger partial charge is 0.368 e. The van der Waals surface area contributed by atoms with E-state index >= 15 is 0 Å². The third-order valence-corrected chi connectivity index (χ3v) is 6.18. The van der Waals surface area contributed by atoms with Gasteiger partial charge in [0.1, 0.15) is 5.36 Å². The Morgan fingerprint density at radius 1 is 1.13 bits per heavy atom. The molecule has 2 aromatic carbocycles. The predicted molar refractivity (Wildman–Crippen MR) is 119 cm³/mol. The predicted octanol–water partition coefficient (Wildman–Crippen LogP) is 2.41. The first kappa shape index (κ1) is 18.6. The average molecular weight is 433 g/mol. The number of rotatable bonds is 4. The van der Waals surface area contributed by atoms with Crippen molar-refractivity contribution in [2.45, 2.75) is 25.6 Å². The molecule has 0 radical (unpaired) electrons. The van der Waals surface area contributed by atoms with Gasteiger partial charge in [-0.05, 0) is 54.7 Å². The van der Waals surface area contributed by atoms with E-state index < -0.39 is 6.23 Å². The molecule has 0 amide bonds. The zero-order chi connectivity index (χ0) is 21.1. The maximum atomic E-state index is 11.5. The standard InChI is InChI=1S/C23H21ClN6O/c1-28-13-16-10-18(8-9-19(16)26-28)30-23(31)21(15-4-6-17(24)7-5-15)22-20(27-30)11-25-29(22)12-14-2-3-14/h4-11,13-14,23,31H,2-3,12H2,1H3. The van der Waals surface area contributed by atoms with Gasteiger partial charge in [-0.1, -0.05) is 23.7 Å². The minimum Gasteiger partial charge on any atom is -0.368 e. The van der Waals surface area contributed by atoms with E-state index in [1.807, 2.05) is 60.4 Å². The maximum Gasteiger partial charge on any atom is 0.176 e. The van der Waals surface area contributed by atoms with Crippen molar-refractivity contribution in [2.24, 2.45) is 18.1 Å². The summed E-state index contributed by atoms with van der Waals surface area (Å²) in [5.41, 5.74) is 3.38. The minimum absolute atomic E-state index is 0.652. The van der Waals surface area contributed by atoms with Crippen LogP contribution in [0.4, 0.5) is 5.69 Å². The third kappa shape index (κ3) is 3.21. The first-order valence-electron chi connectivity index (χ1n) is 10.4. The summed E-state index contributed by atoms with van der Waals surface area (Å²) in [5, 5.41) is 30.3. The van der Waals surface area contributed by atoms with Gasteiger partial charge in [-0.25, -0.2) is 5.01 Å². The van der Waals surface area contributed by atoms with Gasteiger partial charge in [0.2, 0.25) is 0 Å². The van der Waals surface area contributed by atoms with Crippen LogP contribution >= 0.6 is 11.6 Å². The minimum atomic E-state index is -0.961. The molecule has 0 saturated heterocycles. The lowest BCUT2D eigenvalue weighted by Crippen LogP contribution is -2.47. The molecule has 1 aliphatic carbocycles. The van der Waals surface area contributed by atoms with Crippen molar-refractivity contribution in [3.63, 3.8) is 0 Å². The number of anilines is 1. The average Bonchev–Trinajstić information content (AvgIpc) is 3.37. The molecule has 31 heavy (non-hydrogen) atoms. The molecule has 1 N–H and O–H groups in total. The summed E-state index contributed by atoms with van der Waals surface area (Å²) in [6, 6.07) is 13.4. The summed E-state index contributed by atoms with van der Waals surface area (Å²) < 4.78 is 3.77. The van der Waals surface area contributed by atoms with Crippen LogP contribution in [0.2, 0.25) is 5.02 Å². The molecule has 1 unspecified atom stereocenters. The van der Waals surface area contributed by atoms with E-state index in [9.17, 15) is 5.11 Å². The Kier molecular flexibility index (Phi) is 4.16. The Labute approximate surface area is 183 Å². The summed E-state index contributed by atoms with van der Waals surface area (Å²) in [6.45, 7) is 0.844. The quantitative estimate of drug-likeness (QED) is 0.537. The van der Waals surface area contributed by atoms with Crippen molar-refractivity contribution in [3.05, 3.63) is 76.2 Å². The summed E-state index contributed by atoms with van der Waals surface area (Å²) in [5.74, 6) is 0.652. The van der Waals surface area contributed by atoms with Crippen LogP contribution in [0.3, 0.4) is 0 Å². The Morgan fingerprint density at radius 3 is 2.71 bits per heavy atom. The van der Waals surface area contributed by atoms with Gasteiger partial charge in [-0.15, -0.1) is 0 Å². The molecule has 2 aromatic heterocycles. The molecular formula is C23H21ClN6O. The van der Waals surface area contributed by atoms with Crippen molar-refractivity contribution in [1.29, 1.82) is 0 Å². The number of fused-ring (bicyclic) bond motifs is 2. The highest BCUT2D eigenvalue weighted by atomic mass is 35.5. The van der Waals surface area contributed by atoms with Gasteiger partial charge in [-0.3, -0.25) is 9.36 Å². The molecule has 7 nitrogen and oxygen atoms in total. The van der Waals surface area contributed by atoms with Gasteiger partial charge < -0.3 is 5.11 Å². The van der Waals surface area contributed by atoms with E-state index in [0.29, 0.717) is 10.9 Å². The zero-order valence-corrected chi connectivity index (χ0v) is 17.7. The van der Waals surface area contributed by atoms with Crippen molar-refractivity contribution < 1.29 is 5.11 Å². The first-order valence-corrected chi connectivity index (χ1v) is 10.8. The second-order valence-corrected chi connectivity index (χ2v) is 8.73. The van der Waals surface area contributed by atoms with E-state index in [1.165, 1.54) is 12.8 Å². The molecular weight excluding hydrogens is 412 g/mol. The summed E-state index contributed by atoms with van der Waals surface area (Å²) in [7, 11) is 1.90. The lowest BCUT2D eigenvalue weighted by Gasteiger charge is -2.29. The number of hydrogen-bond donors (Lipinski definition) is 1. The number of nitrogens with zero attached hydrogens (tertiary/aromatic N) is 6. The maximum absolute atomic E-state index is 11.5. The van der Waals surface area contributed by atoms with E-state index in [1.54, 1.807) is 15.9 Å². The highest BCUT2D eigenvalue weighted by Gasteiger charge is 2.30. The van der Waals surface area contributed by atoms with Gasteiger partial charge >= 0.3 is 0 Å². The van der Waals surface area contributed by atoms with Crippen molar-refractivity contribution in [2.75, 3.05) is 5.01 Å². The Balaban J connectivity index is 1.54. The smallest absolute Gasteiger partial charge is 0.176 e. The summed E-state index contributed by atoms with van der Waals surface area (Å²) >= 11 is 6.13. The number of halogens is 1. The zero-order valence-electron chi connectivity index (χ0n) is 17.0. The van der Waals surface area contributed by atoms with E-state index in [-0.39, 0.29) is 0 Å². The number of aromatic nitrogens is 4. The molecule has 1 aliphatic heterocycles. The Bertz CT molecular complexity index is 1420. The topological polar surface area (TPSA) is 71.5 Å². The van der Waals surface area contributed by atoms with Crippen LogP contribution in [-0.2, 0) is 13.6 Å². The molecule has 1 saturated carbocycles. The number of benzene rings is 2. The van der Waals surface area contributed by atoms with Gasteiger partial charge in [0.25, 0.3) is 0 Å². The fraction of sp³-hybridized carbons (Fsp3) is 0.261. The Hall–Kier alpha value is -3.16. The summed E-state index contributed by atoms with van der Waals surface area (Å²) in [4.78, 5) is 0. The second kappa shape index (κ2) is 6.93. The molecule has 4 aromatic rings. The SMILES string of the molecule is Cn1cc2cc(N3N=c4cnn(CC5CC5)c4=C(c4ccc(Cl)cc4)C3O)ccc2n1. The van der Waals surface area contributed by atoms with Crippen LogP contribution in [0.5, 0.6) is 0 Å². The molecule has 6 rings (SSSR count). The molecule has 2 aliphatic rings. The molecule has 156 valence electrons. The second-order valence-electron chi connectivity index (χ2n) is 8.29. The fourth-order valence-electron chi connectivity index (χ4n) is 4.22. The van der Waals surface area contributed by atoms with E-state index in [0.717, 1.165) is 45.0 Å². The molecule has 8 heteroatoms. The van der Waals surface area contributed by atoms with Crippen molar-refractivity contribution >= 4 is 33.8 Å². The Morgan fingerprint density at radius 2 is 1.94 bits per heavy atom.